The van der Waals surface area contributed by atoms with Gasteiger partial charge in [0, 0.05) is 16.4 Å². The first-order valence-electron chi connectivity index (χ1n) is 8.03. The molecule has 1 aromatic carbocycles. The van der Waals surface area contributed by atoms with Gasteiger partial charge in [0.1, 0.15) is 4.88 Å². The molecule has 0 aliphatic carbocycles. The van der Waals surface area contributed by atoms with Gasteiger partial charge in [-0.25, -0.2) is 9.97 Å². The minimum Gasteiger partial charge on any atom is -0.454 e. The number of hydrogen-bond acceptors (Lipinski definition) is 7. The molecule has 1 amide bonds. The summed E-state index contributed by atoms with van der Waals surface area (Å²) in [7, 11) is 0. The lowest BCUT2D eigenvalue weighted by Crippen LogP contribution is -2.10. The molecule has 0 saturated heterocycles. The third-order valence-corrected chi connectivity index (χ3v) is 5.94. The summed E-state index contributed by atoms with van der Waals surface area (Å²) in [5, 5.41) is 6.23. The van der Waals surface area contributed by atoms with E-state index >= 15 is 0 Å². The van der Waals surface area contributed by atoms with Gasteiger partial charge in [0.15, 0.2) is 16.6 Å². The largest absolute Gasteiger partial charge is 0.454 e. The average Bonchev–Trinajstić information content (AvgIpc) is 3.33. The molecule has 3 aromatic rings. The standard InChI is InChI=1S/C18H17N3O3S2/c1-18(2,3)16-19-7-14(26-16)15(22)21-17-20-11(8-25-17)10-4-5-12-13(6-10)24-9-23-12/h4-8H,9H2,1-3H3,(H,20,21,22). The molecule has 3 heterocycles. The lowest BCUT2D eigenvalue weighted by molar-refractivity contribution is 0.103. The van der Waals surface area contributed by atoms with Crippen LogP contribution in [0.1, 0.15) is 35.5 Å². The van der Waals surface area contributed by atoms with Gasteiger partial charge < -0.3 is 9.47 Å². The second-order valence-corrected chi connectivity index (χ2v) is 8.73. The van der Waals surface area contributed by atoms with Crippen molar-refractivity contribution in [2.75, 3.05) is 12.1 Å². The second kappa shape index (κ2) is 6.37. The molecular weight excluding hydrogens is 370 g/mol. The van der Waals surface area contributed by atoms with Crippen LogP contribution >= 0.6 is 22.7 Å². The van der Waals surface area contributed by atoms with Crippen LogP contribution in [0, 0.1) is 0 Å². The Morgan fingerprint density at radius 3 is 2.81 bits per heavy atom. The van der Waals surface area contributed by atoms with E-state index < -0.39 is 0 Å². The number of carbonyl (C=O) groups excluding carboxylic acids is 1. The van der Waals surface area contributed by atoms with E-state index in [1.807, 2.05) is 23.6 Å². The molecule has 1 N–H and O–H groups in total. The molecule has 6 nitrogen and oxygen atoms in total. The molecule has 1 aliphatic rings. The quantitative estimate of drug-likeness (QED) is 0.714. The number of amides is 1. The first-order valence-corrected chi connectivity index (χ1v) is 9.73. The van der Waals surface area contributed by atoms with E-state index in [0.717, 1.165) is 22.0 Å². The zero-order valence-electron chi connectivity index (χ0n) is 14.5. The van der Waals surface area contributed by atoms with Crippen LogP contribution in [-0.2, 0) is 5.41 Å². The molecule has 0 spiro atoms. The van der Waals surface area contributed by atoms with Crippen molar-refractivity contribution >= 4 is 33.7 Å². The van der Waals surface area contributed by atoms with Crippen molar-refractivity contribution in [1.82, 2.24) is 9.97 Å². The van der Waals surface area contributed by atoms with Crippen molar-refractivity contribution < 1.29 is 14.3 Å². The van der Waals surface area contributed by atoms with E-state index in [-0.39, 0.29) is 18.1 Å². The maximum atomic E-state index is 12.4. The Labute approximate surface area is 158 Å². The fourth-order valence-corrected chi connectivity index (χ4v) is 3.99. The highest BCUT2D eigenvalue weighted by atomic mass is 32.1. The van der Waals surface area contributed by atoms with Gasteiger partial charge in [0.2, 0.25) is 6.79 Å². The van der Waals surface area contributed by atoms with Crippen LogP contribution in [0.3, 0.4) is 0 Å². The average molecular weight is 387 g/mol. The van der Waals surface area contributed by atoms with Gasteiger partial charge in [-0.3, -0.25) is 10.1 Å². The Morgan fingerprint density at radius 2 is 2.04 bits per heavy atom. The molecule has 2 aromatic heterocycles. The van der Waals surface area contributed by atoms with Gasteiger partial charge in [0.05, 0.1) is 16.9 Å². The molecule has 0 bridgehead atoms. The van der Waals surface area contributed by atoms with Crippen LogP contribution in [-0.4, -0.2) is 22.7 Å². The van der Waals surface area contributed by atoms with Crippen molar-refractivity contribution in [3.8, 4) is 22.8 Å². The molecule has 0 unspecified atom stereocenters. The van der Waals surface area contributed by atoms with Crippen LogP contribution in [0.2, 0.25) is 0 Å². The van der Waals surface area contributed by atoms with E-state index in [1.165, 1.54) is 22.7 Å². The SMILES string of the molecule is CC(C)(C)c1ncc(C(=O)Nc2nc(-c3ccc4c(c3)OCO4)cs2)s1. The normalized spacial score (nSPS) is 13.0. The Morgan fingerprint density at radius 1 is 1.23 bits per heavy atom. The number of nitrogens with zero attached hydrogens (tertiary/aromatic N) is 2. The predicted octanol–water partition coefficient (Wildman–Crippen LogP) is 4.55. The number of aromatic nitrogens is 2. The maximum Gasteiger partial charge on any atom is 0.269 e. The first kappa shape index (κ1) is 17.0. The molecule has 134 valence electrons. The number of hydrogen-bond donors (Lipinski definition) is 1. The van der Waals surface area contributed by atoms with Gasteiger partial charge in [-0.1, -0.05) is 20.8 Å². The predicted molar refractivity (Wildman–Crippen MR) is 102 cm³/mol. The van der Waals surface area contributed by atoms with Crippen molar-refractivity contribution in [1.29, 1.82) is 0 Å². The Bertz CT molecular complexity index is 972. The van der Waals surface area contributed by atoms with E-state index in [0.29, 0.717) is 15.8 Å². The number of rotatable bonds is 3. The monoisotopic (exact) mass is 387 g/mol. The molecule has 0 saturated carbocycles. The Hall–Kier alpha value is -2.45. The summed E-state index contributed by atoms with van der Waals surface area (Å²) in [6, 6.07) is 5.68. The summed E-state index contributed by atoms with van der Waals surface area (Å²) in [4.78, 5) is 21.9. The van der Waals surface area contributed by atoms with Gasteiger partial charge >= 0.3 is 0 Å². The summed E-state index contributed by atoms with van der Waals surface area (Å²) in [5.41, 5.74) is 1.62. The van der Waals surface area contributed by atoms with Crippen LogP contribution in [0.15, 0.2) is 29.8 Å². The highest BCUT2D eigenvalue weighted by Crippen LogP contribution is 2.36. The fraction of sp³-hybridized carbons (Fsp3) is 0.278. The summed E-state index contributed by atoms with van der Waals surface area (Å²) >= 11 is 2.79. The Balaban J connectivity index is 1.50. The molecule has 8 heteroatoms. The zero-order chi connectivity index (χ0) is 18.3. The highest BCUT2D eigenvalue weighted by molar-refractivity contribution is 7.15. The van der Waals surface area contributed by atoms with Gasteiger partial charge in [-0.2, -0.15) is 0 Å². The number of carbonyl (C=O) groups is 1. The van der Waals surface area contributed by atoms with Crippen molar-refractivity contribution in [3.63, 3.8) is 0 Å². The summed E-state index contributed by atoms with van der Waals surface area (Å²) in [6.07, 6.45) is 1.62. The van der Waals surface area contributed by atoms with E-state index in [1.54, 1.807) is 6.20 Å². The topological polar surface area (TPSA) is 73.3 Å². The lowest BCUT2D eigenvalue weighted by atomic mass is 9.98. The van der Waals surface area contributed by atoms with Crippen molar-refractivity contribution in [3.05, 3.63) is 39.7 Å². The number of fused-ring (bicyclic) bond motifs is 1. The van der Waals surface area contributed by atoms with Gasteiger partial charge in [-0.15, -0.1) is 22.7 Å². The van der Waals surface area contributed by atoms with E-state index in [2.05, 4.69) is 36.1 Å². The first-order chi connectivity index (χ1) is 12.4. The second-order valence-electron chi connectivity index (χ2n) is 6.84. The van der Waals surface area contributed by atoms with Crippen LogP contribution in [0.25, 0.3) is 11.3 Å². The molecule has 0 atom stereocenters. The fourth-order valence-electron chi connectivity index (χ4n) is 2.40. The number of anilines is 1. The highest BCUT2D eigenvalue weighted by Gasteiger charge is 2.21. The molecule has 0 fully saturated rings. The van der Waals surface area contributed by atoms with Crippen molar-refractivity contribution in [2.24, 2.45) is 0 Å². The van der Waals surface area contributed by atoms with E-state index in [4.69, 9.17) is 9.47 Å². The lowest BCUT2D eigenvalue weighted by Gasteiger charge is -2.13. The third kappa shape index (κ3) is 3.30. The number of nitrogens with one attached hydrogen (secondary N) is 1. The van der Waals surface area contributed by atoms with Crippen molar-refractivity contribution in [2.45, 2.75) is 26.2 Å². The zero-order valence-corrected chi connectivity index (χ0v) is 16.2. The van der Waals surface area contributed by atoms with E-state index in [9.17, 15) is 4.79 Å². The smallest absolute Gasteiger partial charge is 0.269 e. The maximum absolute atomic E-state index is 12.4. The molecule has 1 aliphatic heterocycles. The number of ether oxygens (including phenoxy) is 2. The molecular formula is C18H17N3O3S2. The van der Waals surface area contributed by atoms with Crippen LogP contribution < -0.4 is 14.8 Å². The molecule has 26 heavy (non-hydrogen) atoms. The molecule has 0 radical (unpaired) electrons. The number of benzene rings is 1. The summed E-state index contributed by atoms with van der Waals surface area (Å²) in [6.45, 7) is 6.46. The number of thiazole rings is 2. The molecule has 4 rings (SSSR count). The Kier molecular flexibility index (Phi) is 4.16. The minimum atomic E-state index is -0.190. The van der Waals surface area contributed by atoms with Crippen LogP contribution in [0.4, 0.5) is 5.13 Å². The summed E-state index contributed by atoms with van der Waals surface area (Å²) in [5.74, 6) is 1.25. The third-order valence-electron chi connectivity index (χ3n) is 3.76. The minimum absolute atomic E-state index is 0.0725. The summed E-state index contributed by atoms with van der Waals surface area (Å²) < 4.78 is 10.7. The van der Waals surface area contributed by atoms with Gasteiger partial charge in [-0.05, 0) is 18.2 Å². The van der Waals surface area contributed by atoms with Crippen LogP contribution in [0.5, 0.6) is 11.5 Å². The van der Waals surface area contributed by atoms with Gasteiger partial charge in [0.25, 0.3) is 5.91 Å².